The zero-order valence-electron chi connectivity index (χ0n) is 8.80. The van der Waals surface area contributed by atoms with E-state index in [-0.39, 0.29) is 6.73 Å². The molecule has 0 spiro atoms. The van der Waals surface area contributed by atoms with Gasteiger partial charge >= 0.3 is 5.69 Å². The molecule has 0 unspecified atom stereocenters. The summed E-state index contributed by atoms with van der Waals surface area (Å²) in [4.78, 5) is 15.0. The zero-order chi connectivity index (χ0) is 11.1. The lowest BCUT2D eigenvalue weighted by molar-refractivity contribution is 0.0319. The smallest absolute Gasteiger partial charge is 0.352 e. The lowest BCUT2D eigenvalue weighted by Crippen LogP contribution is -2.24. The van der Waals surface area contributed by atoms with Crippen LogP contribution in [-0.2, 0) is 16.2 Å². The van der Waals surface area contributed by atoms with Gasteiger partial charge in [0.2, 0.25) is 5.88 Å². The second kappa shape index (κ2) is 6.15. The van der Waals surface area contributed by atoms with Crippen LogP contribution in [0, 0.1) is 0 Å². The standard InChI is InChI=1S/C9H14N2O4/c1-13-5-6-15-7-11-4-3-8(14-2)10-9(11)12/h3-4H,5-7H2,1-2H3. The van der Waals surface area contributed by atoms with Crippen LogP contribution in [0.5, 0.6) is 5.88 Å². The van der Waals surface area contributed by atoms with E-state index in [9.17, 15) is 4.79 Å². The van der Waals surface area contributed by atoms with E-state index in [4.69, 9.17) is 14.2 Å². The van der Waals surface area contributed by atoms with Crippen molar-refractivity contribution >= 4 is 0 Å². The number of ether oxygens (including phenoxy) is 3. The molecular formula is C9H14N2O4. The van der Waals surface area contributed by atoms with E-state index in [1.165, 1.54) is 11.7 Å². The van der Waals surface area contributed by atoms with Crippen LogP contribution >= 0.6 is 0 Å². The van der Waals surface area contributed by atoms with Gasteiger partial charge in [0, 0.05) is 19.4 Å². The van der Waals surface area contributed by atoms with E-state index in [1.54, 1.807) is 19.4 Å². The molecule has 0 atom stereocenters. The summed E-state index contributed by atoms with van der Waals surface area (Å²) < 4.78 is 16.1. The fourth-order valence-corrected chi connectivity index (χ4v) is 0.930. The molecule has 6 nitrogen and oxygen atoms in total. The molecule has 0 aliphatic rings. The van der Waals surface area contributed by atoms with Gasteiger partial charge in [0.25, 0.3) is 0 Å². The van der Waals surface area contributed by atoms with E-state index in [0.29, 0.717) is 19.1 Å². The summed E-state index contributed by atoms with van der Waals surface area (Å²) in [5.41, 5.74) is -0.397. The van der Waals surface area contributed by atoms with Gasteiger partial charge in [-0.3, -0.25) is 4.57 Å². The van der Waals surface area contributed by atoms with Crippen LogP contribution in [0.3, 0.4) is 0 Å². The first kappa shape index (κ1) is 11.7. The third-order valence-electron chi connectivity index (χ3n) is 1.72. The molecule has 15 heavy (non-hydrogen) atoms. The molecule has 1 rings (SSSR count). The Hall–Kier alpha value is -1.40. The van der Waals surface area contributed by atoms with Crippen molar-refractivity contribution in [2.75, 3.05) is 27.4 Å². The topological polar surface area (TPSA) is 62.6 Å². The third kappa shape index (κ3) is 3.69. The lowest BCUT2D eigenvalue weighted by Gasteiger charge is -2.06. The van der Waals surface area contributed by atoms with E-state index >= 15 is 0 Å². The largest absolute Gasteiger partial charge is 0.481 e. The third-order valence-corrected chi connectivity index (χ3v) is 1.72. The van der Waals surface area contributed by atoms with Crippen LogP contribution in [0.1, 0.15) is 0 Å². The Kier molecular flexibility index (Phi) is 4.79. The van der Waals surface area contributed by atoms with E-state index in [1.807, 2.05) is 0 Å². The average molecular weight is 214 g/mol. The van der Waals surface area contributed by atoms with Crippen LogP contribution in [0.2, 0.25) is 0 Å². The van der Waals surface area contributed by atoms with E-state index in [0.717, 1.165) is 0 Å². The minimum atomic E-state index is -0.397. The first-order valence-corrected chi connectivity index (χ1v) is 4.46. The maximum Gasteiger partial charge on any atom is 0.352 e. The number of aromatic nitrogens is 2. The Morgan fingerprint density at radius 3 is 2.80 bits per heavy atom. The molecule has 84 valence electrons. The lowest BCUT2D eigenvalue weighted by atomic mass is 10.6. The number of hydrogen-bond acceptors (Lipinski definition) is 5. The van der Waals surface area contributed by atoms with Crippen LogP contribution < -0.4 is 10.4 Å². The minimum Gasteiger partial charge on any atom is -0.481 e. The molecule has 0 amide bonds. The van der Waals surface area contributed by atoms with Gasteiger partial charge in [-0.15, -0.1) is 0 Å². The summed E-state index contributed by atoms with van der Waals surface area (Å²) in [6.45, 7) is 1.10. The number of hydrogen-bond donors (Lipinski definition) is 0. The quantitative estimate of drug-likeness (QED) is 0.617. The highest BCUT2D eigenvalue weighted by Gasteiger charge is 1.99. The van der Waals surface area contributed by atoms with Crippen LogP contribution in [0.15, 0.2) is 17.1 Å². The molecule has 0 bridgehead atoms. The average Bonchev–Trinajstić information content (AvgIpc) is 2.26. The highest BCUT2D eigenvalue weighted by atomic mass is 16.5. The molecule has 6 heteroatoms. The van der Waals surface area contributed by atoms with Crippen molar-refractivity contribution in [3.05, 3.63) is 22.7 Å². The van der Waals surface area contributed by atoms with Gasteiger partial charge in [0.15, 0.2) is 0 Å². The van der Waals surface area contributed by atoms with Gasteiger partial charge < -0.3 is 14.2 Å². The maximum absolute atomic E-state index is 11.3. The van der Waals surface area contributed by atoms with Gasteiger partial charge in [0.05, 0.1) is 20.3 Å². The Balaban J connectivity index is 2.51. The van der Waals surface area contributed by atoms with Crippen molar-refractivity contribution in [2.24, 2.45) is 0 Å². The van der Waals surface area contributed by atoms with Crippen LogP contribution in [0.4, 0.5) is 0 Å². The first-order valence-electron chi connectivity index (χ1n) is 4.46. The Bertz CT molecular complexity index is 350. The minimum absolute atomic E-state index is 0.166. The van der Waals surface area contributed by atoms with Crippen molar-refractivity contribution in [1.82, 2.24) is 9.55 Å². The van der Waals surface area contributed by atoms with E-state index in [2.05, 4.69) is 4.98 Å². The van der Waals surface area contributed by atoms with Crippen molar-refractivity contribution in [3.63, 3.8) is 0 Å². The van der Waals surface area contributed by atoms with Crippen molar-refractivity contribution in [3.8, 4) is 5.88 Å². The molecule has 0 aromatic carbocycles. The highest BCUT2D eigenvalue weighted by Crippen LogP contribution is 1.98. The van der Waals surface area contributed by atoms with E-state index < -0.39 is 5.69 Å². The van der Waals surface area contributed by atoms with Gasteiger partial charge in [-0.2, -0.15) is 4.98 Å². The van der Waals surface area contributed by atoms with Gasteiger partial charge in [-0.25, -0.2) is 4.79 Å². The molecule has 1 aromatic heterocycles. The molecule has 0 saturated heterocycles. The zero-order valence-corrected chi connectivity index (χ0v) is 8.80. The predicted octanol–water partition coefficient (Wildman–Crippen LogP) is -0.128. The summed E-state index contributed by atoms with van der Waals surface area (Å²) in [5, 5.41) is 0. The fraction of sp³-hybridized carbons (Fsp3) is 0.556. The van der Waals surface area contributed by atoms with Gasteiger partial charge in [0.1, 0.15) is 6.73 Å². The molecule has 0 N–H and O–H groups in total. The van der Waals surface area contributed by atoms with Gasteiger partial charge in [-0.05, 0) is 0 Å². The fourth-order valence-electron chi connectivity index (χ4n) is 0.930. The Morgan fingerprint density at radius 1 is 1.40 bits per heavy atom. The van der Waals surface area contributed by atoms with Crippen LogP contribution in [0.25, 0.3) is 0 Å². The molecule has 0 aliphatic carbocycles. The molecule has 0 fully saturated rings. The number of rotatable bonds is 6. The summed E-state index contributed by atoms with van der Waals surface area (Å²) >= 11 is 0. The van der Waals surface area contributed by atoms with Crippen molar-refractivity contribution in [1.29, 1.82) is 0 Å². The second-order valence-electron chi connectivity index (χ2n) is 2.75. The van der Waals surface area contributed by atoms with Crippen LogP contribution in [-0.4, -0.2) is 37.0 Å². The molecule has 1 aromatic rings. The SMILES string of the molecule is COCCOCn1ccc(OC)nc1=O. The molecule has 1 heterocycles. The van der Waals surface area contributed by atoms with Gasteiger partial charge in [-0.1, -0.05) is 0 Å². The summed E-state index contributed by atoms with van der Waals surface area (Å²) in [7, 11) is 3.05. The maximum atomic E-state index is 11.3. The Labute approximate surface area is 87.4 Å². The highest BCUT2D eigenvalue weighted by molar-refractivity contribution is 5.04. The normalized spacial score (nSPS) is 10.3. The summed E-state index contributed by atoms with van der Waals surface area (Å²) in [5.74, 6) is 0.299. The summed E-state index contributed by atoms with van der Waals surface area (Å²) in [6.07, 6.45) is 1.57. The molecule has 0 aliphatic heterocycles. The Morgan fingerprint density at radius 2 is 2.20 bits per heavy atom. The molecular weight excluding hydrogens is 200 g/mol. The summed E-state index contributed by atoms with van der Waals surface area (Å²) in [6, 6.07) is 1.60. The first-order chi connectivity index (χ1) is 7.27. The van der Waals surface area contributed by atoms with Crippen molar-refractivity contribution in [2.45, 2.75) is 6.73 Å². The monoisotopic (exact) mass is 214 g/mol. The molecule has 0 saturated carbocycles. The predicted molar refractivity (Wildman–Crippen MR) is 52.9 cm³/mol. The second-order valence-corrected chi connectivity index (χ2v) is 2.75. The molecule has 0 radical (unpaired) electrons. The number of nitrogens with zero attached hydrogens (tertiary/aromatic N) is 2. The number of methoxy groups -OCH3 is 2. The van der Waals surface area contributed by atoms with Crippen molar-refractivity contribution < 1.29 is 14.2 Å².